The van der Waals surface area contributed by atoms with Gasteiger partial charge in [0.25, 0.3) is 0 Å². The van der Waals surface area contributed by atoms with Gasteiger partial charge in [-0.3, -0.25) is 9.59 Å². The summed E-state index contributed by atoms with van der Waals surface area (Å²) in [5, 5.41) is 14.7. The third kappa shape index (κ3) is 4.76. The highest BCUT2D eigenvalue weighted by Crippen LogP contribution is 2.26. The molecule has 0 radical (unpaired) electrons. The van der Waals surface area contributed by atoms with Crippen LogP contribution in [0.4, 0.5) is 0 Å². The topological polar surface area (TPSA) is 95.5 Å². The van der Waals surface area contributed by atoms with Gasteiger partial charge in [0.2, 0.25) is 11.8 Å². The summed E-state index contributed by atoms with van der Waals surface area (Å²) in [5.74, 6) is -2.00. The fraction of sp³-hybridized carbons (Fsp3) is 0.318. The van der Waals surface area contributed by atoms with E-state index in [2.05, 4.69) is 10.6 Å². The van der Waals surface area contributed by atoms with Crippen molar-refractivity contribution in [3.05, 3.63) is 71.3 Å². The van der Waals surface area contributed by atoms with Gasteiger partial charge in [-0.15, -0.1) is 0 Å². The van der Waals surface area contributed by atoms with Crippen molar-refractivity contribution in [3.8, 4) is 0 Å². The van der Waals surface area contributed by atoms with Crippen LogP contribution in [0.25, 0.3) is 0 Å². The summed E-state index contributed by atoms with van der Waals surface area (Å²) in [6.45, 7) is 1.57. The highest BCUT2D eigenvalue weighted by Gasteiger charge is 2.30. The normalized spacial score (nSPS) is 15.3. The van der Waals surface area contributed by atoms with Crippen molar-refractivity contribution in [3.63, 3.8) is 0 Å². The molecule has 0 aliphatic heterocycles. The minimum absolute atomic E-state index is 0.181. The molecule has 2 amide bonds. The van der Waals surface area contributed by atoms with E-state index in [0.29, 0.717) is 12.8 Å². The van der Waals surface area contributed by atoms with E-state index in [1.54, 1.807) is 6.92 Å². The van der Waals surface area contributed by atoms with Crippen molar-refractivity contribution in [2.75, 3.05) is 0 Å². The lowest BCUT2D eigenvalue weighted by Gasteiger charge is -2.20. The van der Waals surface area contributed by atoms with Crippen LogP contribution in [0, 0.1) is 5.92 Å². The van der Waals surface area contributed by atoms with Crippen LogP contribution in [-0.2, 0) is 33.6 Å². The van der Waals surface area contributed by atoms with Gasteiger partial charge in [-0.05, 0) is 36.5 Å². The minimum Gasteiger partial charge on any atom is -0.480 e. The Morgan fingerprint density at radius 3 is 2.11 bits per heavy atom. The van der Waals surface area contributed by atoms with E-state index in [9.17, 15) is 19.5 Å². The second kappa shape index (κ2) is 8.69. The predicted molar refractivity (Wildman–Crippen MR) is 105 cm³/mol. The molecule has 28 heavy (non-hydrogen) atoms. The molecule has 2 aromatic carbocycles. The van der Waals surface area contributed by atoms with Gasteiger partial charge >= 0.3 is 5.97 Å². The molecule has 6 nitrogen and oxygen atoms in total. The number of rotatable bonds is 7. The van der Waals surface area contributed by atoms with Crippen LogP contribution >= 0.6 is 0 Å². The molecule has 146 valence electrons. The Kier molecular flexibility index (Phi) is 6.09. The largest absolute Gasteiger partial charge is 0.480 e. The van der Waals surface area contributed by atoms with E-state index >= 15 is 0 Å². The minimum atomic E-state index is -1.11. The number of hydrogen-bond donors (Lipinski definition) is 3. The molecule has 0 saturated heterocycles. The van der Waals surface area contributed by atoms with Gasteiger partial charge in [-0.25, -0.2) is 4.79 Å². The highest BCUT2D eigenvalue weighted by molar-refractivity contribution is 5.91. The van der Waals surface area contributed by atoms with Gasteiger partial charge in [0.1, 0.15) is 12.1 Å². The summed E-state index contributed by atoms with van der Waals surface area (Å²) in [7, 11) is 0. The number of carboxylic acids is 1. The lowest BCUT2D eigenvalue weighted by atomic mass is 10.0. The summed E-state index contributed by atoms with van der Waals surface area (Å²) in [5.41, 5.74) is 3.14. The summed E-state index contributed by atoms with van der Waals surface area (Å²) in [6.07, 6.45) is 1.49. The average Bonchev–Trinajstić information content (AvgIpc) is 3.12. The molecule has 0 bridgehead atoms. The molecule has 3 rings (SSSR count). The van der Waals surface area contributed by atoms with Crippen LogP contribution in [0.15, 0.2) is 54.6 Å². The molecule has 3 N–H and O–H groups in total. The first kappa shape index (κ1) is 19.6. The van der Waals surface area contributed by atoms with Crippen molar-refractivity contribution >= 4 is 17.8 Å². The van der Waals surface area contributed by atoms with Crippen LogP contribution in [0.1, 0.15) is 23.6 Å². The fourth-order valence-electron chi connectivity index (χ4n) is 3.49. The van der Waals surface area contributed by atoms with Gasteiger partial charge in [0.15, 0.2) is 0 Å². The van der Waals surface area contributed by atoms with Crippen LogP contribution in [-0.4, -0.2) is 35.0 Å². The standard InChI is InChI=1S/C22H24N2O4/c1-14(23-21(26)18-12-16-9-5-6-10-17(16)13-18)20(25)24-19(22(27)28)11-15-7-3-2-4-8-15/h2-10,14,18-19H,11-13H2,1H3,(H,23,26)(H,24,25)(H,27,28). The van der Waals surface area contributed by atoms with Crippen LogP contribution in [0.5, 0.6) is 0 Å². The fourth-order valence-corrected chi connectivity index (χ4v) is 3.49. The highest BCUT2D eigenvalue weighted by atomic mass is 16.4. The molecule has 2 unspecified atom stereocenters. The van der Waals surface area contributed by atoms with Crippen molar-refractivity contribution in [1.82, 2.24) is 10.6 Å². The molecule has 6 heteroatoms. The monoisotopic (exact) mass is 380 g/mol. The number of nitrogens with one attached hydrogen (secondary N) is 2. The Hall–Kier alpha value is -3.15. The molecular weight excluding hydrogens is 356 g/mol. The van der Waals surface area contributed by atoms with Gasteiger partial charge in [0, 0.05) is 12.3 Å². The van der Waals surface area contributed by atoms with Crippen LogP contribution in [0.2, 0.25) is 0 Å². The SMILES string of the molecule is CC(NC(=O)C1Cc2ccccc2C1)C(=O)NC(Cc1ccccc1)C(=O)O. The van der Waals surface area contributed by atoms with Crippen LogP contribution in [0.3, 0.4) is 0 Å². The third-order valence-corrected chi connectivity index (χ3v) is 5.07. The van der Waals surface area contributed by atoms with E-state index in [-0.39, 0.29) is 18.2 Å². The number of carboxylic acid groups (broad SMARTS) is 1. The predicted octanol–water partition coefficient (Wildman–Crippen LogP) is 1.72. The average molecular weight is 380 g/mol. The number of fused-ring (bicyclic) bond motifs is 1. The lowest BCUT2D eigenvalue weighted by Crippen LogP contribution is -2.52. The van der Waals surface area contributed by atoms with E-state index in [0.717, 1.165) is 16.7 Å². The van der Waals surface area contributed by atoms with Crippen molar-refractivity contribution in [1.29, 1.82) is 0 Å². The number of amides is 2. The van der Waals surface area contributed by atoms with Gasteiger partial charge < -0.3 is 15.7 Å². The molecule has 0 heterocycles. The number of carbonyl (C=O) groups is 3. The maximum absolute atomic E-state index is 12.5. The Bertz CT molecular complexity index is 841. The summed E-state index contributed by atoms with van der Waals surface area (Å²) in [6, 6.07) is 15.2. The lowest BCUT2D eigenvalue weighted by molar-refractivity contribution is -0.142. The molecule has 2 aromatic rings. The van der Waals surface area contributed by atoms with Gasteiger partial charge in [-0.2, -0.15) is 0 Å². The first-order valence-electron chi connectivity index (χ1n) is 9.38. The third-order valence-electron chi connectivity index (χ3n) is 5.07. The quantitative estimate of drug-likeness (QED) is 0.682. The first-order chi connectivity index (χ1) is 13.4. The zero-order valence-corrected chi connectivity index (χ0v) is 15.7. The van der Waals surface area contributed by atoms with E-state index in [1.165, 1.54) is 0 Å². The Morgan fingerprint density at radius 2 is 1.54 bits per heavy atom. The first-order valence-corrected chi connectivity index (χ1v) is 9.38. The second-order valence-corrected chi connectivity index (χ2v) is 7.19. The number of aliphatic carboxylic acids is 1. The van der Waals surface area contributed by atoms with E-state index in [1.807, 2.05) is 54.6 Å². The van der Waals surface area contributed by atoms with E-state index in [4.69, 9.17) is 0 Å². The molecule has 1 aliphatic rings. The number of benzene rings is 2. The Labute approximate surface area is 164 Å². The summed E-state index contributed by atoms with van der Waals surface area (Å²) in [4.78, 5) is 36.5. The summed E-state index contributed by atoms with van der Waals surface area (Å²) >= 11 is 0. The Balaban J connectivity index is 1.54. The number of hydrogen-bond acceptors (Lipinski definition) is 3. The Morgan fingerprint density at radius 1 is 0.964 bits per heavy atom. The second-order valence-electron chi connectivity index (χ2n) is 7.19. The molecule has 1 aliphatic carbocycles. The molecule has 0 saturated carbocycles. The van der Waals surface area contributed by atoms with Crippen molar-refractivity contribution in [2.45, 2.75) is 38.3 Å². The maximum Gasteiger partial charge on any atom is 0.326 e. The zero-order valence-electron chi connectivity index (χ0n) is 15.7. The smallest absolute Gasteiger partial charge is 0.326 e. The van der Waals surface area contributed by atoms with Crippen molar-refractivity contribution in [2.24, 2.45) is 5.92 Å². The zero-order chi connectivity index (χ0) is 20.1. The molecule has 0 fully saturated rings. The maximum atomic E-state index is 12.5. The number of carbonyl (C=O) groups excluding carboxylic acids is 2. The molecular formula is C22H24N2O4. The van der Waals surface area contributed by atoms with E-state index < -0.39 is 24.0 Å². The molecule has 0 spiro atoms. The summed E-state index contributed by atoms with van der Waals surface area (Å²) < 4.78 is 0. The van der Waals surface area contributed by atoms with Crippen molar-refractivity contribution < 1.29 is 19.5 Å². The van der Waals surface area contributed by atoms with Gasteiger partial charge in [0.05, 0.1) is 0 Å². The van der Waals surface area contributed by atoms with Crippen LogP contribution < -0.4 is 10.6 Å². The van der Waals surface area contributed by atoms with Gasteiger partial charge in [-0.1, -0.05) is 54.6 Å². The molecule has 0 aromatic heterocycles. The molecule has 2 atom stereocenters.